The van der Waals surface area contributed by atoms with E-state index < -0.39 is 5.92 Å². The normalized spacial score (nSPS) is 18.9. The standard InChI is InChI=1S/C14H14ClNO3/c1-2-19-14(18)11-5-4-10(17)7-12(11)9-3-6-13(15)16-8-9/h3,6-8,11H,2,4-5H2,1H3/t11-/m1/s1. The summed E-state index contributed by atoms with van der Waals surface area (Å²) in [6.45, 7) is 2.09. The largest absolute Gasteiger partial charge is 0.466 e. The van der Waals surface area contributed by atoms with Crippen LogP contribution in [0.15, 0.2) is 24.4 Å². The fourth-order valence-corrected chi connectivity index (χ4v) is 2.22. The maximum Gasteiger partial charge on any atom is 0.313 e. The lowest BCUT2D eigenvalue weighted by atomic mass is 9.84. The maximum absolute atomic E-state index is 11.9. The Balaban J connectivity index is 2.34. The molecule has 0 bridgehead atoms. The van der Waals surface area contributed by atoms with Crippen molar-refractivity contribution >= 4 is 28.9 Å². The van der Waals surface area contributed by atoms with E-state index in [1.165, 1.54) is 6.08 Å². The molecule has 1 atom stereocenters. The van der Waals surface area contributed by atoms with Gasteiger partial charge in [-0.15, -0.1) is 0 Å². The van der Waals surface area contributed by atoms with Crippen LogP contribution in [0.5, 0.6) is 0 Å². The average molecular weight is 280 g/mol. The predicted molar refractivity (Wildman–Crippen MR) is 71.6 cm³/mol. The monoisotopic (exact) mass is 279 g/mol. The molecule has 0 amide bonds. The zero-order valence-electron chi connectivity index (χ0n) is 10.6. The second-order valence-corrected chi connectivity index (χ2v) is 4.67. The van der Waals surface area contributed by atoms with Gasteiger partial charge in [0.2, 0.25) is 0 Å². The first-order chi connectivity index (χ1) is 9.11. The van der Waals surface area contributed by atoms with Crippen molar-refractivity contribution in [3.8, 4) is 0 Å². The summed E-state index contributed by atoms with van der Waals surface area (Å²) >= 11 is 5.74. The summed E-state index contributed by atoms with van der Waals surface area (Å²) in [5.41, 5.74) is 1.40. The van der Waals surface area contributed by atoms with Gasteiger partial charge in [0, 0.05) is 12.6 Å². The number of esters is 1. The van der Waals surface area contributed by atoms with Gasteiger partial charge < -0.3 is 4.74 Å². The number of hydrogen-bond acceptors (Lipinski definition) is 4. The molecule has 0 saturated carbocycles. The number of nitrogens with zero attached hydrogens (tertiary/aromatic N) is 1. The van der Waals surface area contributed by atoms with Crippen molar-refractivity contribution in [1.29, 1.82) is 0 Å². The highest BCUT2D eigenvalue weighted by Gasteiger charge is 2.29. The van der Waals surface area contributed by atoms with Gasteiger partial charge >= 0.3 is 5.97 Å². The van der Waals surface area contributed by atoms with Crippen LogP contribution in [0, 0.1) is 5.92 Å². The summed E-state index contributed by atoms with van der Waals surface area (Å²) in [6.07, 6.45) is 3.93. The topological polar surface area (TPSA) is 56.3 Å². The van der Waals surface area contributed by atoms with Crippen LogP contribution >= 0.6 is 11.6 Å². The average Bonchev–Trinajstić information content (AvgIpc) is 2.39. The molecule has 0 aromatic carbocycles. The van der Waals surface area contributed by atoms with Gasteiger partial charge in [-0.25, -0.2) is 4.98 Å². The molecule has 5 heteroatoms. The molecule has 1 aliphatic rings. The van der Waals surface area contributed by atoms with E-state index in [1.54, 1.807) is 25.3 Å². The fourth-order valence-electron chi connectivity index (χ4n) is 2.11. The first-order valence-corrected chi connectivity index (χ1v) is 6.52. The van der Waals surface area contributed by atoms with Crippen LogP contribution in [0.4, 0.5) is 0 Å². The van der Waals surface area contributed by atoms with Crippen LogP contribution in [0.1, 0.15) is 25.3 Å². The number of halogens is 1. The number of carbonyl (C=O) groups excluding carboxylic acids is 2. The van der Waals surface area contributed by atoms with Crippen molar-refractivity contribution in [3.63, 3.8) is 0 Å². The molecule has 4 nitrogen and oxygen atoms in total. The minimum Gasteiger partial charge on any atom is -0.466 e. The molecule has 1 aliphatic carbocycles. The van der Waals surface area contributed by atoms with Crippen molar-refractivity contribution < 1.29 is 14.3 Å². The molecule has 1 aromatic rings. The lowest BCUT2D eigenvalue weighted by molar-refractivity contribution is -0.146. The zero-order chi connectivity index (χ0) is 13.8. The molecule has 0 unspecified atom stereocenters. The Kier molecular flexibility index (Phi) is 4.32. The number of allylic oxidation sites excluding steroid dienone is 1. The number of ether oxygens (including phenoxy) is 1. The van der Waals surface area contributed by atoms with E-state index in [0.29, 0.717) is 30.2 Å². The highest BCUT2D eigenvalue weighted by Crippen LogP contribution is 2.32. The molecule has 1 aromatic heterocycles. The molecule has 1 heterocycles. The number of rotatable bonds is 3. The summed E-state index contributed by atoms with van der Waals surface area (Å²) < 4.78 is 5.05. The highest BCUT2D eigenvalue weighted by molar-refractivity contribution is 6.29. The molecule has 0 aliphatic heterocycles. The smallest absolute Gasteiger partial charge is 0.313 e. The van der Waals surface area contributed by atoms with Crippen LogP contribution in [-0.2, 0) is 14.3 Å². The summed E-state index contributed by atoms with van der Waals surface area (Å²) in [4.78, 5) is 27.5. The van der Waals surface area contributed by atoms with E-state index in [0.717, 1.165) is 5.56 Å². The van der Waals surface area contributed by atoms with Crippen molar-refractivity contribution in [1.82, 2.24) is 4.98 Å². The Morgan fingerprint density at radius 3 is 2.95 bits per heavy atom. The van der Waals surface area contributed by atoms with Crippen LogP contribution < -0.4 is 0 Å². The second-order valence-electron chi connectivity index (χ2n) is 4.28. The number of aromatic nitrogens is 1. The Morgan fingerprint density at radius 1 is 1.53 bits per heavy atom. The SMILES string of the molecule is CCOC(=O)[C@@H]1CCC(=O)C=C1c1ccc(Cl)nc1. The van der Waals surface area contributed by atoms with Gasteiger partial charge in [0.1, 0.15) is 5.15 Å². The second kappa shape index (κ2) is 5.97. The third kappa shape index (κ3) is 3.20. The molecule has 0 N–H and O–H groups in total. The van der Waals surface area contributed by atoms with Gasteiger partial charge in [0.05, 0.1) is 12.5 Å². The van der Waals surface area contributed by atoms with Gasteiger partial charge in [-0.3, -0.25) is 9.59 Å². The van der Waals surface area contributed by atoms with E-state index in [2.05, 4.69) is 4.98 Å². The maximum atomic E-state index is 11.9. The van der Waals surface area contributed by atoms with Crippen LogP contribution in [0.3, 0.4) is 0 Å². The van der Waals surface area contributed by atoms with Crippen molar-refractivity contribution in [2.45, 2.75) is 19.8 Å². The van der Waals surface area contributed by atoms with E-state index in [4.69, 9.17) is 16.3 Å². The van der Waals surface area contributed by atoms with Crippen molar-refractivity contribution in [2.24, 2.45) is 5.92 Å². The predicted octanol–water partition coefficient (Wildman–Crippen LogP) is 2.66. The fraction of sp³-hybridized carbons (Fsp3) is 0.357. The minimum atomic E-state index is -0.402. The van der Waals surface area contributed by atoms with Crippen molar-refractivity contribution in [3.05, 3.63) is 35.1 Å². The number of ketones is 1. The quantitative estimate of drug-likeness (QED) is 0.630. The van der Waals surface area contributed by atoms with Crippen molar-refractivity contribution in [2.75, 3.05) is 6.61 Å². The van der Waals surface area contributed by atoms with Crippen LogP contribution in [-0.4, -0.2) is 23.3 Å². The minimum absolute atomic E-state index is 0.0190. The summed E-state index contributed by atoms with van der Waals surface area (Å²) in [5.74, 6) is -0.678. The first-order valence-electron chi connectivity index (χ1n) is 6.14. The van der Waals surface area contributed by atoms with E-state index in [-0.39, 0.29) is 11.8 Å². The number of hydrogen-bond donors (Lipinski definition) is 0. The summed E-state index contributed by atoms with van der Waals surface area (Å²) in [7, 11) is 0. The summed E-state index contributed by atoms with van der Waals surface area (Å²) in [6, 6.07) is 3.39. The molecule has 2 rings (SSSR count). The van der Waals surface area contributed by atoms with Gasteiger partial charge in [-0.1, -0.05) is 17.7 Å². The van der Waals surface area contributed by atoms with Gasteiger partial charge in [0.25, 0.3) is 0 Å². The molecular formula is C14H14ClNO3. The third-order valence-corrected chi connectivity index (χ3v) is 3.23. The van der Waals surface area contributed by atoms with Crippen LogP contribution in [0.2, 0.25) is 5.15 Å². The molecule has 19 heavy (non-hydrogen) atoms. The Labute approximate surface area is 116 Å². The molecular weight excluding hydrogens is 266 g/mol. The molecule has 0 fully saturated rings. The van der Waals surface area contributed by atoms with Gasteiger partial charge in [-0.05, 0) is 36.6 Å². The first kappa shape index (κ1) is 13.7. The number of pyridine rings is 1. The molecule has 0 saturated heterocycles. The Morgan fingerprint density at radius 2 is 2.32 bits per heavy atom. The number of carbonyl (C=O) groups is 2. The van der Waals surface area contributed by atoms with E-state index >= 15 is 0 Å². The molecule has 100 valence electrons. The van der Waals surface area contributed by atoms with Gasteiger partial charge in [0.15, 0.2) is 5.78 Å². The highest BCUT2D eigenvalue weighted by atomic mass is 35.5. The Hall–Kier alpha value is -1.68. The van der Waals surface area contributed by atoms with E-state index in [9.17, 15) is 9.59 Å². The van der Waals surface area contributed by atoms with E-state index in [1.807, 2.05) is 0 Å². The summed E-state index contributed by atoms with van der Waals surface area (Å²) in [5, 5.41) is 0.374. The van der Waals surface area contributed by atoms with Crippen LogP contribution in [0.25, 0.3) is 5.57 Å². The zero-order valence-corrected chi connectivity index (χ0v) is 11.3. The lowest BCUT2D eigenvalue weighted by Crippen LogP contribution is -2.23. The molecule has 0 spiro atoms. The molecule has 0 radical (unpaired) electrons. The van der Waals surface area contributed by atoms with Gasteiger partial charge in [-0.2, -0.15) is 0 Å². The Bertz CT molecular complexity index is 522. The lowest BCUT2D eigenvalue weighted by Gasteiger charge is -2.22. The third-order valence-electron chi connectivity index (χ3n) is 3.00.